The Bertz CT molecular complexity index is 1590. The average Bonchev–Trinajstić information content (AvgIpc) is 3.23. The van der Waals surface area contributed by atoms with Crippen molar-refractivity contribution in [2.24, 2.45) is 0 Å². The molecule has 0 saturated carbocycles. The van der Waals surface area contributed by atoms with Crippen molar-refractivity contribution in [2.45, 2.75) is 45.2 Å². The Morgan fingerprint density at radius 1 is 1.06 bits per heavy atom. The van der Waals surface area contributed by atoms with Crippen LogP contribution in [0.2, 0.25) is 13.1 Å². The van der Waals surface area contributed by atoms with Gasteiger partial charge in [0.2, 0.25) is 0 Å². The van der Waals surface area contributed by atoms with Crippen molar-refractivity contribution >= 4 is 35.3 Å². The molecule has 4 aromatic rings. The van der Waals surface area contributed by atoms with E-state index in [0.29, 0.717) is 23.4 Å². The number of hydrogen-bond acceptors (Lipinski definition) is 5. The number of rotatable bonds is 3. The lowest BCUT2D eigenvalue weighted by Gasteiger charge is -2.31. The van der Waals surface area contributed by atoms with Crippen LogP contribution in [0.5, 0.6) is 0 Å². The third-order valence-corrected chi connectivity index (χ3v) is 11.3. The zero-order valence-electron chi connectivity index (χ0n) is 20.0. The largest absolute Gasteiger partial charge is 0.458 e. The summed E-state index contributed by atoms with van der Waals surface area (Å²) in [4.78, 5) is 31.2. The average molecular weight is 483 g/mol. The SMILES string of the molecule is CC[C@@]1(O)C(=O)OCc2c1cc1n(c2=O)Cc2c-1nc1ccccc1c2[Si](C)(C)c1ccccc1. The molecule has 0 radical (unpaired) electrons. The van der Waals surface area contributed by atoms with E-state index in [1.54, 1.807) is 17.6 Å². The quantitative estimate of drug-likeness (QED) is 0.316. The van der Waals surface area contributed by atoms with Crippen LogP contribution >= 0.6 is 0 Å². The van der Waals surface area contributed by atoms with E-state index in [0.717, 1.165) is 22.2 Å². The van der Waals surface area contributed by atoms with Crippen molar-refractivity contribution in [1.29, 1.82) is 0 Å². The summed E-state index contributed by atoms with van der Waals surface area (Å²) in [5.41, 5.74) is 1.96. The van der Waals surface area contributed by atoms with E-state index < -0.39 is 19.6 Å². The van der Waals surface area contributed by atoms with E-state index in [9.17, 15) is 14.7 Å². The van der Waals surface area contributed by atoms with Gasteiger partial charge in [-0.1, -0.05) is 73.7 Å². The van der Waals surface area contributed by atoms with Crippen LogP contribution in [-0.4, -0.2) is 28.7 Å². The molecule has 1 N–H and O–H groups in total. The third kappa shape index (κ3) is 2.95. The van der Waals surface area contributed by atoms with Crippen molar-refractivity contribution in [3.63, 3.8) is 0 Å². The first-order valence-electron chi connectivity index (χ1n) is 11.9. The Labute approximate surface area is 203 Å². The summed E-state index contributed by atoms with van der Waals surface area (Å²) >= 11 is 0. The van der Waals surface area contributed by atoms with Gasteiger partial charge in [-0.05, 0) is 23.7 Å². The summed E-state index contributed by atoms with van der Waals surface area (Å²) in [7, 11) is -2.19. The number of hydrogen-bond donors (Lipinski definition) is 1. The fourth-order valence-electron chi connectivity index (χ4n) is 5.74. The number of pyridine rings is 2. The molecule has 0 saturated heterocycles. The molecule has 35 heavy (non-hydrogen) atoms. The summed E-state index contributed by atoms with van der Waals surface area (Å²) in [6.45, 7) is 6.67. The molecule has 176 valence electrons. The van der Waals surface area contributed by atoms with E-state index in [1.165, 1.54) is 10.4 Å². The standard InChI is InChI=1S/C28H26N2O4Si/c1-4-28(33)21-14-23-24-19(15-30(23)26(31)20(21)16-34-27(28)32)25(18-12-8-9-13-22(18)29-24)35(2,3)17-10-6-5-7-11-17/h5-14,33H,4,15-16H2,1-3H3/t28-/m0/s1. The number of carbonyl (C=O) groups excluding carboxylic acids is 1. The molecule has 0 amide bonds. The van der Waals surface area contributed by atoms with E-state index in [1.807, 2.05) is 24.3 Å². The molecule has 0 spiro atoms. The second-order valence-electron chi connectivity index (χ2n) is 9.93. The molecule has 0 aliphatic carbocycles. The lowest BCUT2D eigenvalue weighted by Crippen LogP contribution is -2.54. The predicted octanol–water partition coefficient (Wildman–Crippen LogP) is 2.90. The molecular formula is C28H26N2O4Si. The maximum Gasteiger partial charge on any atom is 0.343 e. The highest BCUT2D eigenvalue weighted by atomic mass is 28.3. The lowest BCUT2D eigenvalue weighted by molar-refractivity contribution is -0.172. The van der Waals surface area contributed by atoms with Crippen molar-refractivity contribution in [2.75, 3.05) is 0 Å². The minimum atomic E-state index is -2.19. The molecular weight excluding hydrogens is 456 g/mol. The van der Waals surface area contributed by atoms with Gasteiger partial charge < -0.3 is 14.4 Å². The first-order valence-corrected chi connectivity index (χ1v) is 14.9. The van der Waals surface area contributed by atoms with E-state index in [-0.39, 0.29) is 18.6 Å². The minimum Gasteiger partial charge on any atom is -0.458 e. The zero-order valence-corrected chi connectivity index (χ0v) is 21.0. The van der Waals surface area contributed by atoms with Crippen LogP contribution < -0.4 is 15.9 Å². The van der Waals surface area contributed by atoms with Crippen LogP contribution in [0, 0.1) is 0 Å². The van der Waals surface area contributed by atoms with Gasteiger partial charge in [-0.15, -0.1) is 0 Å². The van der Waals surface area contributed by atoms with Crippen LogP contribution in [0.1, 0.15) is 30.0 Å². The monoisotopic (exact) mass is 482 g/mol. The summed E-state index contributed by atoms with van der Waals surface area (Å²) in [6.07, 6.45) is 0.124. The summed E-state index contributed by atoms with van der Waals surface area (Å²) in [5.74, 6) is -0.708. The van der Waals surface area contributed by atoms with Crippen LogP contribution in [0.3, 0.4) is 0 Å². The molecule has 0 unspecified atom stereocenters. The molecule has 2 aliphatic heterocycles. The number of aromatic nitrogens is 2. The molecule has 0 bridgehead atoms. The number of fused-ring (bicyclic) bond motifs is 5. The smallest absolute Gasteiger partial charge is 0.343 e. The van der Waals surface area contributed by atoms with Gasteiger partial charge in [-0.2, -0.15) is 0 Å². The second kappa shape index (κ2) is 7.47. The Hall–Kier alpha value is -3.55. The maximum atomic E-state index is 13.7. The molecule has 4 heterocycles. The van der Waals surface area contributed by atoms with Gasteiger partial charge in [0.1, 0.15) is 14.7 Å². The van der Waals surface area contributed by atoms with E-state index in [2.05, 4.69) is 43.4 Å². The Morgan fingerprint density at radius 2 is 1.77 bits per heavy atom. The van der Waals surface area contributed by atoms with Gasteiger partial charge >= 0.3 is 5.97 Å². The molecule has 6 nitrogen and oxygen atoms in total. The van der Waals surface area contributed by atoms with Crippen LogP contribution in [-0.2, 0) is 28.3 Å². The highest BCUT2D eigenvalue weighted by Gasteiger charge is 2.46. The Morgan fingerprint density at radius 3 is 2.51 bits per heavy atom. The van der Waals surface area contributed by atoms with Crippen molar-refractivity contribution in [1.82, 2.24) is 9.55 Å². The summed E-state index contributed by atoms with van der Waals surface area (Å²) < 4.78 is 6.94. The fourth-order valence-corrected chi connectivity index (χ4v) is 8.89. The van der Waals surface area contributed by atoms with Crippen LogP contribution in [0.15, 0.2) is 65.5 Å². The number of carbonyl (C=O) groups is 1. The molecule has 6 rings (SSSR count). The molecule has 1 atom stereocenters. The van der Waals surface area contributed by atoms with Gasteiger partial charge in [0.25, 0.3) is 5.56 Å². The van der Waals surface area contributed by atoms with Crippen LogP contribution in [0.4, 0.5) is 0 Å². The van der Waals surface area contributed by atoms with Crippen molar-refractivity contribution in [3.8, 4) is 11.4 Å². The minimum absolute atomic E-state index is 0.124. The molecule has 2 aromatic heterocycles. The molecule has 2 aromatic carbocycles. The van der Waals surface area contributed by atoms with E-state index >= 15 is 0 Å². The number of para-hydroxylation sites is 1. The highest BCUT2D eigenvalue weighted by molar-refractivity contribution is 7.02. The summed E-state index contributed by atoms with van der Waals surface area (Å²) in [5, 5.41) is 14.9. The number of cyclic esters (lactones) is 1. The number of benzene rings is 2. The number of esters is 1. The first kappa shape index (κ1) is 21.9. The first-order chi connectivity index (χ1) is 16.8. The van der Waals surface area contributed by atoms with Crippen molar-refractivity contribution in [3.05, 3.63) is 87.7 Å². The van der Waals surface area contributed by atoms with E-state index in [4.69, 9.17) is 9.72 Å². The van der Waals surface area contributed by atoms with Gasteiger partial charge in [-0.3, -0.25) is 4.79 Å². The number of aliphatic hydroxyl groups is 1. The maximum absolute atomic E-state index is 13.7. The normalized spacial score (nSPS) is 18.7. The molecule has 2 aliphatic rings. The number of nitrogens with zero attached hydrogens (tertiary/aromatic N) is 2. The predicted molar refractivity (Wildman–Crippen MR) is 138 cm³/mol. The second-order valence-corrected chi connectivity index (χ2v) is 14.3. The topological polar surface area (TPSA) is 81.4 Å². The molecule has 0 fully saturated rings. The third-order valence-electron chi connectivity index (χ3n) is 7.72. The zero-order chi connectivity index (χ0) is 24.5. The van der Waals surface area contributed by atoms with Gasteiger partial charge in [0.15, 0.2) is 5.60 Å². The number of ether oxygens (including phenoxy) is 1. The fraction of sp³-hybridized carbons (Fsp3) is 0.250. The lowest BCUT2D eigenvalue weighted by atomic mass is 9.86. The van der Waals surface area contributed by atoms with Crippen LogP contribution in [0.25, 0.3) is 22.3 Å². The van der Waals surface area contributed by atoms with Gasteiger partial charge in [-0.25, -0.2) is 9.78 Å². The van der Waals surface area contributed by atoms with Crippen molar-refractivity contribution < 1.29 is 14.6 Å². The highest BCUT2D eigenvalue weighted by Crippen LogP contribution is 2.38. The Kier molecular flexibility index (Phi) is 4.68. The summed E-state index contributed by atoms with van der Waals surface area (Å²) in [6, 6.07) is 20.5. The Balaban J connectivity index is 1.68. The molecule has 7 heteroatoms. The van der Waals surface area contributed by atoms with Gasteiger partial charge in [0, 0.05) is 16.5 Å². The van der Waals surface area contributed by atoms with Gasteiger partial charge in [0.05, 0.1) is 29.0 Å².